The van der Waals surface area contributed by atoms with E-state index in [0.29, 0.717) is 25.4 Å². The minimum Gasteiger partial charge on any atom is -0.392 e. The molecule has 5 nitrogen and oxygen atoms in total. The number of nitrogens with zero attached hydrogens (tertiary/aromatic N) is 1. The van der Waals surface area contributed by atoms with E-state index in [-0.39, 0.29) is 12.0 Å². The Kier molecular flexibility index (Phi) is 5.79. The Hall–Kier alpha value is -0.170. The zero-order chi connectivity index (χ0) is 14.7. The molecule has 1 rings (SSSR count). The van der Waals surface area contributed by atoms with Gasteiger partial charge >= 0.3 is 0 Å². The number of aliphatic hydroxyl groups is 1. The van der Waals surface area contributed by atoms with Crippen LogP contribution in [-0.4, -0.2) is 43.6 Å². The van der Waals surface area contributed by atoms with Gasteiger partial charge in [-0.2, -0.15) is 17.4 Å². The molecule has 0 amide bonds. The van der Waals surface area contributed by atoms with Crippen molar-refractivity contribution in [1.29, 1.82) is 0 Å². The summed E-state index contributed by atoms with van der Waals surface area (Å²) in [5, 5.41) is 9.84. The SMILES string of the molecule is CC1CCN(S(=O)(=O)NCC(O)CC(C)(C)C)CC1. The average Bonchev–Trinajstić information content (AvgIpc) is 2.25. The first kappa shape index (κ1) is 16.9. The van der Waals surface area contributed by atoms with Crippen LogP contribution >= 0.6 is 0 Å². The number of piperidine rings is 1. The Balaban J connectivity index is 2.43. The standard InChI is InChI=1S/C13H28N2O3S/c1-11-5-7-15(8-6-11)19(17,18)14-10-12(16)9-13(2,3)4/h11-12,14,16H,5-10H2,1-4H3. The van der Waals surface area contributed by atoms with E-state index in [4.69, 9.17) is 0 Å². The maximum absolute atomic E-state index is 12.1. The van der Waals surface area contributed by atoms with Gasteiger partial charge in [0.05, 0.1) is 6.10 Å². The van der Waals surface area contributed by atoms with Crippen LogP contribution in [0.2, 0.25) is 0 Å². The van der Waals surface area contributed by atoms with E-state index in [0.717, 1.165) is 12.8 Å². The van der Waals surface area contributed by atoms with Crippen LogP contribution in [0.5, 0.6) is 0 Å². The smallest absolute Gasteiger partial charge is 0.279 e. The number of hydrogen-bond acceptors (Lipinski definition) is 3. The van der Waals surface area contributed by atoms with Gasteiger partial charge in [-0.15, -0.1) is 0 Å². The molecule has 0 aromatic rings. The Labute approximate surface area is 117 Å². The number of aliphatic hydroxyl groups excluding tert-OH is 1. The molecule has 0 aromatic heterocycles. The van der Waals surface area contributed by atoms with Gasteiger partial charge in [0.15, 0.2) is 0 Å². The second-order valence-corrected chi connectivity index (χ2v) is 8.61. The highest BCUT2D eigenvalue weighted by atomic mass is 32.2. The quantitative estimate of drug-likeness (QED) is 0.803. The van der Waals surface area contributed by atoms with Crippen molar-refractivity contribution in [3.63, 3.8) is 0 Å². The van der Waals surface area contributed by atoms with Gasteiger partial charge in [-0.1, -0.05) is 27.7 Å². The largest absolute Gasteiger partial charge is 0.392 e. The average molecular weight is 292 g/mol. The first-order valence-corrected chi connectivity index (χ1v) is 8.47. The summed E-state index contributed by atoms with van der Waals surface area (Å²) >= 11 is 0. The lowest BCUT2D eigenvalue weighted by Crippen LogP contribution is -2.46. The minimum atomic E-state index is -3.43. The highest BCUT2D eigenvalue weighted by Gasteiger charge is 2.27. The van der Waals surface area contributed by atoms with Crippen LogP contribution in [0, 0.1) is 11.3 Å². The Morgan fingerprint density at radius 1 is 1.32 bits per heavy atom. The molecule has 1 unspecified atom stereocenters. The third-order valence-electron chi connectivity index (χ3n) is 3.43. The molecule has 0 saturated carbocycles. The highest BCUT2D eigenvalue weighted by molar-refractivity contribution is 7.87. The van der Waals surface area contributed by atoms with Crippen molar-refractivity contribution in [2.45, 2.75) is 53.1 Å². The summed E-state index contributed by atoms with van der Waals surface area (Å²) in [7, 11) is -3.43. The maximum atomic E-state index is 12.1. The fraction of sp³-hybridized carbons (Fsp3) is 1.00. The first-order valence-electron chi connectivity index (χ1n) is 7.03. The van der Waals surface area contributed by atoms with E-state index in [9.17, 15) is 13.5 Å². The van der Waals surface area contributed by atoms with E-state index in [1.165, 1.54) is 4.31 Å². The summed E-state index contributed by atoms with van der Waals surface area (Å²) in [4.78, 5) is 0. The van der Waals surface area contributed by atoms with Gasteiger partial charge in [0.2, 0.25) is 0 Å². The molecule has 1 fully saturated rings. The molecule has 0 radical (unpaired) electrons. The van der Waals surface area contributed by atoms with Gasteiger partial charge in [0, 0.05) is 19.6 Å². The summed E-state index contributed by atoms with van der Waals surface area (Å²) < 4.78 is 28.1. The summed E-state index contributed by atoms with van der Waals surface area (Å²) in [5.74, 6) is 0.595. The van der Waals surface area contributed by atoms with Crippen LogP contribution in [0.3, 0.4) is 0 Å². The van der Waals surface area contributed by atoms with E-state index < -0.39 is 16.3 Å². The van der Waals surface area contributed by atoms with E-state index in [1.807, 2.05) is 20.8 Å². The first-order chi connectivity index (χ1) is 8.60. The van der Waals surface area contributed by atoms with Gasteiger partial charge in [0.25, 0.3) is 10.2 Å². The third-order valence-corrected chi connectivity index (χ3v) is 5.01. The summed E-state index contributed by atoms with van der Waals surface area (Å²) in [6.07, 6.45) is 1.75. The zero-order valence-corrected chi connectivity index (χ0v) is 13.3. The Morgan fingerprint density at radius 3 is 2.32 bits per heavy atom. The van der Waals surface area contributed by atoms with Crippen molar-refractivity contribution < 1.29 is 13.5 Å². The van der Waals surface area contributed by atoms with Crippen LogP contribution in [-0.2, 0) is 10.2 Å². The fourth-order valence-electron chi connectivity index (χ4n) is 2.30. The summed E-state index contributed by atoms with van der Waals surface area (Å²) in [6, 6.07) is 0. The van der Waals surface area contributed by atoms with Crippen molar-refractivity contribution in [3.8, 4) is 0 Å². The number of nitrogens with one attached hydrogen (secondary N) is 1. The normalized spacial score (nSPS) is 21.5. The molecule has 0 aromatic carbocycles. The van der Waals surface area contributed by atoms with Crippen LogP contribution in [0.4, 0.5) is 0 Å². The molecular formula is C13H28N2O3S. The van der Waals surface area contributed by atoms with E-state index >= 15 is 0 Å². The van der Waals surface area contributed by atoms with Gasteiger partial charge in [-0.3, -0.25) is 0 Å². The van der Waals surface area contributed by atoms with Gasteiger partial charge in [0.1, 0.15) is 0 Å². The predicted molar refractivity (Wildman–Crippen MR) is 77.0 cm³/mol. The molecule has 2 N–H and O–H groups in total. The molecule has 0 spiro atoms. The molecule has 6 heteroatoms. The topological polar surface area (TPSA) is 69.6 Å². The molecule has 19 heavy (non-hydrogen) atoms. The van der Waals surface area contributed by atoms with Crippen LogP contribution in [0.1, 0.15) is 47.0 Å². The Bertz CT molecular complexity index is 368. The van der Waals surface area contributed by atoms with E-state index in [1.54, 1.807) is 0 Å². The second-order valence-electron chi connectivity index (χ2n) is 6.85. The number of hydrogen-bond donors (Lipinski definition) is 2. The molecule has 1 atom stereocenters. The summed E-state index contributed by atoms with van der Waals surface area (Å²) in [6.45, 7) is 9.46. The fourth-order valence-corrected chi connectivity index (χ4v) is 3.57. The lowest BCUT2D eigenvalue weighted by Gasteiger charge is -2.30. The predicted octanol–water partition coefficient (Wildman–Crippen LogP) is 1.35. The van der Waals surface area contributed by atoms with Crippen molar-refractivity contribution in [2.75, 3.05) is 19.6 Å². The second kappa shape index (κ2) is 6.52. The Morgan fingerprint density at radius 2 is 1.84 bits per heavy atom. The van der Waals surface area contributed by atoms with Gasteiger partial charge in [-0.05, 0) is 30.6 Å². The lowest BCUT2D eigenvalue weighted by atomic mass is 9.89. The van der Waals surface area contributed by atoms with Gasteiger partial charge < -0.3 is 5.11 Å². The molecule has 1 heterocycles. The highest BCUT2D eigenvalue weighted by Crippen LogP contribution is 2.21. The van der Waals surface area contributed by atoms with Crippen LogP contribution < -0.4 is 4.72 Å². The van der Waals surface area contributed by atoms with Crippen LogP contribution in [0.25, 0.3) is 0 Å². The monoisotopic (exact) mass is 292 g/mol. The van der Waals surface area contributed by atoms with Crippen molar-refractivity contribution in [1.82, 2.24) is 9.03 Å². The molecule has 1 aliphatic heterocycles. The van der Waals surface area contributed by atoms with Crippen molar-refractivity contribution in [3.05, 3.63) is 0 Å². The van der Waals surface area contributed by atoms with Gasteiger partial charge in [-0.25, -0.2) is 0 Å². The summed E-state index contributed by atoms with van der Waals surface area (Å²) in [5.41, 5.74) is -0.00852. The lowest BCUT2D eigenvalue weighted by molar-refractivity contribution is 0.124. The van der Waals surface area contributed by atoms with Crippen LogP contribution in [0.15, 0.2) is 0 Å². The van der Waals surface area contributed by atoms with Crippen molar-refractivity contribution >= 4 is 10.2 Å². The maximum Gasteiger partial charge on any atom is 0.279 e. The van der Waals surface area contributed by atoms with Crippen molar-refractivity contribution in [2.24, 2.45) is 11.3 Å². The molecule has 114 valence electrons. The molecule has 1 aliphatic rings. The molecule has 0 bridgehead atoms. The van der Waals surface area contributed by atoms with E-state index in [2.05, 4.69) is 11.6 Å². The molecule has 1 saturated heterocycles. The third kappa shape index (κ3) is 6.21. The number of rotatable bonds is 5. The molecular weight excluding hydrogens is 264 g/mol. The minimum absolute atomic E-state index is 0.00852. The molecule has 0 aliphatic carbocycles. The zero-order valence-electron chi connectivity index (χ0n) is 12.5.